The molecule has 6 rings (SSSR count). The zero-order valence-electron chi connectivity index (χ0n) is 15.0. The fourth-order valence-electron chi connectivity index (χ4n) is 3.55. The van der Waals surface area contributed by atoms with Crippen molar-refractivity contribution in [2.24, 2.45) is 0 Å². The summed E-state index contributed by atoms with van der Waals surface area (Å²) in [4.78, 5) is 14.4. The second kappa shape index (κ2) is 6.63. The Hall–Kier alpha value is -3.99. The summed E-state index contributed by atoms with van der Waals surface area (Å²) >= 11 is 0. The van der Waals surface area contributed by atoms with Crippen molar-refractivity contribution in [1.82, 2.24) is 19.9 Å². The first-order valence-corrected chi connectivity index (χ1v) is 9.00. The van der Waals surface area contributed by atoms with Gasteiger partial charge in [0.25, 0.3) is 0 Å². The van der Waals surface area contributed by atoms with Crippen LogP contribution in [0, 0.1) is 0 Å². The number of aromatic nitrogens is 4. The van der Waals surface area contributed by atoms with Crippen molar-refractivity contribution in [3.8, 4) is 0 Å². The summed E-state index contributed by atoms with van der Waals surface area (Å²) in [6.45, 7) is 0. The molecule has 0 aliphatic carbocycles. The Balaban J connectivity index is 0.000000145. The zero-order valence-corrected chi connectivity index (χ0v) is 15.0. The minimum Gasteiger partial charge on any atom is -0.382 e. The third kappa shape index (κ3) is 2.70. The van der Waals surface area contributed by atoms with Crippen LogP contribution < -0.4 is 5.73 Å². The van der Waals surface area contributed by atoms with Crippen LogP contribution in [-0.2, 0) is 0 Å². The Morgan fingerprint density at radius 1 is 0.607 bits per heavy atom. The Morgan fingerprint density at radius 2 is 1.21 bits per heavy atom. The summed E-state index contributed by atoms with van der Waals surface area (Å²) in [5.74, 6) is 0.433. The van der Waals surface area contributed by atoms with Gasteiger partial charge in [0.2, 0.25) is 0 Å². The van der Waals surface area contributed by atoms with Crippen LogP contribution in [-0.4, -0.2) is 19.9 Å². The predicted octanol–water partition coefficient (Wildman–Crippen LogP) is 5.08. The van der Waals surface area contributed by atoms with Gasteiger partial charge in [-0.15, -0.1) is 0 Å². The maximum Gasteiger partial charge on any atom is 0.182 e. The van der Waals surface area contributed by atoms with Crippen LogP contribution in [0.4, 0.5) is 5.82 Å². The van der Waals surface area contributed by atoms with Crippen LogP contribution in [0.2, 0.25) is 0 Å². The minimum absolute atomic E-state index is 0.433. The Bertz CT molecular complexity index is 1360. The van der Waals surface area contributed by atoms with Gasteiger partial charge < -0.3 is 10.7 Å². The standard InChI is InChI=1S/C18H12.C5H5N5/c1-3-7-15-13(5-1)9-11-18-16-8-4-2-6-14(16)10-12-17(15)18;6-4-3-5(9-1-7-3)10-2-8-4/h1-12H;1-2H,(H3,6,7,8,9,10). The maximum atomic E-state index is 5.48. The molecule has 5 nitrogen and oxygen atoms in total. The highest BCUT2D eigenvalue weighted by molar-refractivity contribution is 6.17. The molecule has 2 aromatic heterocycles. The van der Waals surface area contributed by atoms with Gasteiger partial charge >= 0.3 is 0 Å². The molecule has 0 radical (unpaired) electrons. The Morgan fingerprint density at radius 3 is 1.82 bits per heavy atom. The van der Waals surface area contributed by atoms with Crippen LogP contribution in [0.5, 0.6) is 0 Å². The zero-order chi connectivity index (χ0) is 18.9. The highest BCUT2D eigenvalue weighted by atomic mass is 15.0. The molecule has 0 fully saturated rings. The molecule has 5 heteroatoms. The van der Waals surface area contributed by atoms with Gasteiger partial charge in [-0.25, -0.2) is 15.0 Å². The lowest BCUT2D eigenvalue weighted by Gasteiger charge is -2.07. The van der Waals surface area contributed by atoms with Crippen LogP contribution in [0.15, 0.2) is 85.5 Å². The van der Waals surface area contributed by atoms with Gasteiger partial charge in [0.1, 0.15) is 11.8 Å². The van der Waals surface area contributed by atoms with Crippen LogP contribution in [0.3, 0.4) is 0 Å². The van der Waals surface area contributed by atoms with Crippen LogP contribution in [0.25, 0.3) is 43.5 Å². The first-order valence-electron chi connectivity index (χ1n) is 9.00. The average molecular weight is 363 g/mol. The van der Waals surface area contributed by atoms with Gasteiger partial charge in [0.15, 0.2) is 11.5 Å². The van der Waals surface area contributed by atoms with E-state index in [1.165, 1.54) is 45.0 Å². The summed E-state index contributed by atoms with van der Waals surface area (Å²) in [7, 11) is 0. The molecule has 0 amide bonds. The molecule has 0 saturated carbocycles. The molecule has 134 valence electrons. The fraction of sp³-hybridized carbons (Fsp3) is 0. The van der Waals surface area contributed by atoms with E-state index in [2.05, 4.69) is 92.7 Å². The second-order valence-electron chi connectivity index (χ2n) is 6.53. The van der Waals surface area contributed by atoms with Crippen molar-refractivity contribution in [2.75, 3.05) is 5.73 Å². The number of nitrogens with one attached hydrogen (secondary N) is 1. The third-order valence-electron chi connectivity index (χ3n) is 4.90. The topological polar surface area (TPSA) is 80.5 Å². The molecule has 4 aromatic carbocycles. The molecular weight excluding hydrogens is 346 g/mol. The first-order chi connectivity index (χ1) is 13.8. The number of aromatic amines is 1. The summed E-state index contributed by atoms with van der Waals surface area (Å²) in [5.41, 5.74) is 6.78. The number of anilines is 1. The van der Waals surface area contributed by atoms with E-state index in [0.717, 1.165) is 0 Å². The van der Waals surface area contributed by atoms with Crippen molar-refractivity contribution in [1.29, 1.82) is 0 Å². The van der Waals surface area contributed by atoms with Gasteiger partial charge in [0.05, 0.1) is 6.33 Å². The molecular formula is C23H17N5. The van der Waals surface area contributed by atoms with Gasteiger partial charge in [-0.2, -0.15) is 0 Å². The summed E-state index contributed by atoms with van der Waals surface area (Å²) < 4.78 is 0. The number of fused-ring (bicyclic) bond motifs is 6. The number of imidazole rings is 1. The molecule has 0 atom stereocenters. The minimum atomic E-state index is 0.433. The van der Waals surface area contributed by atoms with Gasteiger partial charge in [-0.05, 0) is 32.3 Å². The molecule has 0 spiro atoms. The van der Waals surface area contributed by atoms with E-state index in [4.69, 9.17) is 5.73 Å². The molecule has 6 aromatic rings. The highest BCUT2D eigenvalue weighted by Crippen LogP contribution is 2.30. The maximum absolute atomic E-state index is 5.48. The highest BCUT2D eigenvalue weighted by Gasteiger charge is 2.03. The number of hydrogen-bond donors (Lipinski definition) is 2. The predicted molar refractivity (Wildman–Crippen MR) is 115 cm³/mol. The molecule has 0 saturated heterocycles. The molecule has 0 bridgehead atoms. The van der Waals surface area contributed by atoms with Crippen molar-refractivity contribution in [3.63, 3.8) is 0 Å². The lowest BCUT2D eigenvalue weighted by atomic mass is 9.97. The lowest BCUT2D eigenvalue weighted by molar-refractivity contribution is 1.21. The van der Waals surface area contributed by atoms with E-state index in [9.17, 15) is 0 Å². The van der Waals surface area contributed by atoms with E-state index in [0.29, 0.717) is 17.0 Å². The number of nitrogen functional groups attached to an aromatic ring is 1. The third-order valence-corrected chi connectivity index (χ3v) is 4.90. The quantitative estimate of drug-likeness (QED) is 0.369. The summed E-state index contributed by atoms with van der Waals surface area (Å²) in [5, 5.41) is 7.96. The van der Waals surface area contributed by atoms with E-state index in [1.807, 2.05) is 0 Å². The number of hydrogen-bond acceptors (Lipinski definition) is 4. The SMILES string of the molecule is Nc1ncnc2nc[nH]c12.c1ccc2c(c1)ccc1c3ccccc3ccc21. The van der Waals surface area contributed by atoms with Crippen LogP contribution in [0.1, 0.15) is 0 Å². The number of nitrogens with two attached hydrogens (primary N) is 1. The van der Waals surface area contributed by atoms with Crippen molar-refractivity contribution in [3.05, 3.63) is 85.5 Å². The van der Waals surface area contributed by atoms with Gasteiger partial charge in [-0.3, -0.25) is 0 Å². The van der Waals surface area contributed by atoms with Gasteiger partial charge in [-0.1, -0.05) is 72.8 Å². The largest absolute Gasteiger partial charge is 0.382 e. The monoisotopic (exact) mass is 363 g/mol. The summed E-state index contributed by atoms with van der Waals surface area (Å²) in [6.07, 6.45) is 2.92. The smallest absolute Gasteiger partial charge is 0.182 e. The van der Waals surface area contributed by atoms with E-state index in [-0.39, 0.29) is 0 Å². The first kappa shape index (κ1) is 16.2. The molecule has 0 aliphatic rings. The number of nitrogens with zero attached hydrogens (tertiary/aromatic N) is 3. The number of rotatable bonds is 0. The molecule has 0 unspecified atom stereocenters. The van der Waals surface area contributed by atoms with Crippen molar-refractivity contribution < 1.29 is 0 Å². The molecule has 2 heterocycles. The van der Waals surface area contributed by atoms with E-state index < -0.39 is 0 Å². The summed E-state index contributed by atoms with van der Waals surface area (Å²) in [6, 6.07) is 26.0. The van der Waals surface area contributed by atoms with E-state index in [1.54, 1.807) is 0 Å². The van der Waals surface area contributed by atoms with E-state index >= 15 is 0 Å². The van der Waals surface area contributed by atoms with Gasteiger partial charge in [0, 0.05) is 0 Å². The molecule has 28 heavy (non-hydrogen) atoms. The second-order valence-corrected chi connectivity index (χ2v) is 6.53. The molecule has 0 aliphatic heterocycles. The Kier molecular flexibility index (Phi) is 3.84. The average Bonchev–Trinajstić information content (AvgIpc) is 3.24. The van der Waals surface area contributed by atoms with Crippen molar-refractivity contribution in [2.45, 2.75) is 0 Å². The molecule has 3 N–H and O–H groups in total. The number of benzene rings is 4. The normalized spacial score (nSPS) is 11.0. The Labute approximate surface area is 160 Å². The lowest BCUT2D eigenvalue weighted by Crippen LogP contribution is -1.91. The fourth-order valence-corrected chi connectivity index (χ4v) is 3.55. The number of H-pyrrole nitrogens is 1. The van der Waals surface area contributed by atoms with Crippen molar-refractivity contribution >= 4 is 49.3 Å². The van der Waals surface area contributed by atoms with Crippen LogP contribution >= 0.6 is 0 Å².